The summed E-state index contributed by atoms with van der Waals surface area (Å²) in [4.78, 5) is 1.92. The zero-order valence-electron chi connectivity index (χ0n) is 9.94. The topological polar surface area (TPSA) is 49.5 Å². The van der Waals surface area contributed by atoms with Gasteiger partial charge in [-0.2, -0.15) is 0 Å². The van der Waals surface area contributed by atoms with E-state index in [1.807, 2.05) is 19.0 Å². The Bertz CT molecular complexity index is 355. The molecule has 0 bridgehead atoms. The molecule has 3 N–H and O–H groups in total. The molecule has 0 heterocycles. The van der Waals surface area contributed by atoms with E-state index in [4.69, 9.17) is 10.8 Å². The SMILES string of the molecule is Cc1cc(C(C(N)CO)N(C)C)ccc1F. The summed E-state index contributed by atoms with van der Waals surface area (Å²) >= 11 is 0. The summed E-state index contributed by atoms with van der Waals surface area (Å²) in [6.45, 7) is 1.62. The van der Waals surface area contributed by atoms with Crippen LogP contribution >= 0.6 is 0 Å². The van der Waals surface area contributed by atoms with Crippen LogP contribution in [0.25, 0.3) is 0 Å². The summed E-state index contributed by atoms with van der Waals surface area (Å²) < 4.78 is 13.2. The van der Waals surface area contributed by atoms with E-state index in [0.29, 0.717) is 5.56 Å². The standard InChI is InChI=1S/C12H19FN2O/c1-8-6-9(4-5-10(8)13)12(15(2)3)11(14)7-16/h4-6,11-12,16H,7,14H2,1-3H3. The normalized spacial score (nSPS) is 15.2. The van der Waals surface area contributed by atoms with Gasteiger partial charge in [-0.1, -0.05) is 12.1 Å². The second-order valence-corrected chi connectivity index (χ2v) is 4.26. The number of aryl methyl sites for hydroxylation is 1. The molecule has 0 aliphatic heterocycles. The number of nitrogens with zero attached hydrogens (tertiary/aromatic N) is 1. The first-order chi connectivity index (χ1) is 7.47. The highest BCUT2D eigenvalue weighted by Crippen LogP contribution is 2.22. The third-order valence-electron chi connectivity index (χ3n) is 2.70. The average Bonchev–Trinajstić information content (AvgIpc) is 2.22. The van der Waals surface area contributed by atoms with Crippen molar-refractivity contribution in [3.05, 3.63) is 35.1 Å². The molecule has 0 spiro atoms. The Morgan fingerprint density at radius 3 is 2.50 bits per heavy atom. The zero-order chi connectivity index (χ0) is 12.3. The maximum Gasteiger partial charge on any atom is 0.126 e. The van der Waals surface area contributed by atoms with Crippen LogP contribution in [0, 0.1) is 12.7 Å². The molecular weight excluding hydrogens is 207 g/mol. The highest BCUT2D eigenvalue weighted by atomic mass is 19.1. The predicted octanol–water partition coefficient (Wildman–Crippen LogP) is 1.06. The number of rotatable bonds is 4. The molecule has 90 valence electrons. The van der Waals surface area contributed by atoms with Crippen molar-refractivity contribution in [1.82, 2.24) is 4.90 Å². The Labute approximate surface area is 95.7 Å². The molecule has 0 aliphatic rings. The molecule has 2 unspecified atom stereocenters. The third kappa shape index (κ3) is 2.78. The Kier molecular flexibility index (Phi) is 4.41. The van der Waals surface area contributed by atoms with Crippen LogP contribution in [0.2, 0.25) is 0 Å². The summed E-state index contributed by atoms with van der Waals surface area (Å²) in [6, 6.07) is 4.44. The van der Waals surface area contributed by atoms with Crippen LogP contribution in [0.4, 0.5) is 4.39 Å². The summed E-state index contributed by atoms with van der Waals surface area (Å²) in [5.41, 5.74) is 7.37. The van der Waals surface area contributed by atoms with Gasteiger partial charge in [-0.15, -0.1) is 0 Å². The molecular formula is C12H19FN2O. The van der Waals surface area contributed by atoms with Gasteiger partial charge >= 0.3 is 0 Å². The molecule has 0 fully saturated rings. The summed E-state index contributed by atoms with van der Waals surface area (Å²) in [7, 11) is 3.78. The molecule has 2 atom stereocenters. The van der Waals surface area contributed by atoms with E-state index in [1.54, 1.807) is 19.1 Å². The summed E-state index contributed by atoms with van der Waals surface area (Å²) in [6.07, 6.45) is 0. The second kappa shape index (κ2) is 5.39. The Morgan fingerprint density at radius 2 is 2.06 bits per heavy atom. The van der Waals surface area contributed by atoms with E-state index in [1.165, 1.54) is 6.07 Å². The lowest BCUT2D eigenvalue weighted by Crippen LogP contribution is -2.39. The lowest BCUT2D eigenvalue weighted by atomic mass is 9.97. The molecule has 4 heteroatoms. The van der Waals surface area contributed by atoms with Gasteiger partial charge in [0.2, 0.25) is 0 Å². The number of aliphatic hydroxyl groups is 1. The number of likely N-dealkylation sites (N-methyl/N-ethyl adjacent to an activating group) is 1. The average molecular weight is 226 g/mol. The first-order valence-corrected chi connectivity index (χ1v) is 5.26. The van der Waals surface area contributed by atoms with E-state index in [9.17, 15) is 4.39 Å². The molecule has 1 aromatic carbocycles. The monoisotopic (exact) mass is 226 g/mol. The van der Waals surface area contributed by atoms with Crippen LogP contribution in [0.1, 0.15) is 17.2 Å². The van der Waals surface area contributed by atoms with Gasteiger partial charge in [-0.3, -0.25) is 0 Å². The fourth-order valence-corrected chi connectivity index (χ4v) is 1.88. The van der Waals surface area contributed by atoms with Gasteiger partial charge in [-0.05, 0) is 38.2 Å². The minimum atomic E-state index is -0.375. The minimum absolute atomic E-state index is 0.0979. The number of benzene rings is 1. The van der Waals surface area contributed by atoms with Crippen molar-refractivity contribution in [2.24, 2.45) is 5.73 Å². The summed E-state index contributed by atoms with van der Waals surface area (Å²) in [5, 5.41) is 9.11. The zero-order valence-corrected chi connectivity index (χ0v) is 9.94. The van der Waals surface area contributed by atoms with Crippen molar-refractivity contribution >= 4 is 0 Å². The molecule has 0 radical (unpaired) electrons. The minimum Gasteiger partial charge on any atom is -0.395 e. The Balaban J connectivity index is 3.06. The van der Waals surface area contributed by atoms with E-state index in [0.717, 1.165) is 5.56 Å². The van der Waals surface area contributed by atoms with Gasteiger partial charge < -0.3 is 15.7 Å². The molecule has 1 aromatic rings. The molecule has 1 rings (SSSR count). The molecule has 0 saturated carbocycles. The maximum absolute atomic E-state index is 13.2. The summed E-state index contributed by atoms with van der Waals surface area (Å²) in [5.74, 6) is -0.223. The fourth-order valence-electron chi connectivity index (χ4n) is 1.88. The van der Waals surface area contributed by atoms with Gasteiger partial charge in [0.15, 0.2) is 0 Å². The van der Waals surface area contributed by atoms with E-state index in [2.05, 4.69) is 0 Å². The maximum atomic E-state index is 13.2. The predicted molar refractivity (Wildman–Crippen MR) is 62.6 cm³/mol. The van der Waals surface area contributed by atoms with Crippen molar-refractivity contribution in [2.75, 3.05) is 20.7 Å². The van der Waals surface area contributed by atoms with E-state index >= 15 is 0 Å². The first-order valence-electron chi connectivity index (χ1n) is 5.26. The van der Waals surface area contributed by atoms with Crippen molar-refractivity contribution in [3.8, 4) is 0 Å². The third-order valence-corrected chi connectivity index (χ3v) is 2.70. The molecule has 0 saturated heterocycles. The van der Waals surface area contributed by atoms with Gasteiger partial charge in [0.25, 0.3) is 0 Å². The molecule has 0 aliphatic carbocycles. The molecule has 16 heavy (non-hydrogen) atoms. The van der Waals surface area contributed by atoms with Gasteiger partial charge in [0.05, 0.1) is 12.6 Å². The quantitative estimate of drug-likeness (QED) is 0.807. The van der Waals surface area contributed by atoms with Crippen LogP contribution in [0.3, 0.4) is 0 Å². The molecule has 0 aromatic heterocycles. The molecule has 3 nitrogen and oxygen atoms in total. The fraction of sp³-hybridized carbons (Fsp3) is 0.500. The van der Waals surface area contributed by atoms with Crippen LogP contribution < -0.4 is 5.73 Å². The number of hydrogen-bond acceptors (Lipinski definition) is 3. The van der Waals surface area contributed by atoms with E-state index < -0.39 is 0 Å². The van der Waals surface area contributed by atoms with Crippen molar-refractivity contribution in [1.29, 1.82) is 0 Å². The van der Waals surface area contributed by atoms with Crippen molar-refractivity contribution in [2.45, 2.75) is 19.0 Å². The Morgan fingerprint density at radius 1 is 1.44 bits per heavy atom. The highest BCUT2D eigenvalue weighted by Gasteiger charge is 2.21. The first kappa shape index (κ1) is 13.1. The highest BCUT2D eigenvalue weighted by molar-refractivity contribution is 5.27. The lowest BCUT2D eigenvalue weighted by Gasteiger charge is -2.29. The second-order valence-electron chi connectivity index (χ2n) is 4.26. The number of hydrogen-bond donors (Lipinski definition) is 2. The molecule has 0 amide bonds. The van der Waals surface area contributed by atoms with Gasteiger partial charge in [-0.25, -0.2) is 4.39 Å². The number of aliphatic hydroxyl groups excluding tert-OH is 1. The largest absolute Gasteiger partial charge is 0.395 e. The van der Waals surface area contributed by atoms with Crippen LogP contribution in [-0.4, -0.2) is 36.8 Å². The van der Waals surface area contributed by atoms with Crippen molar-refractivity contribution < 1.29 is 9.50 Å². The Hall–Kier alpha value is -0.970. The van der Waals surface area contributed by atoms with E-state index in [-0.39, 0.29) is 24.5 Å². The van der Waals surface area contributed by atoms with Gasteiger partial charge in [0, 0.05) is 6.04 Å². The van der Waals surface area contributed by atoms with Crippen molar-refractivity contribution in [3.63, 3.8) is 0 Å². The number of nitrogens with two attached hydrogens (primary N) is 1. The lowest BCUT2D eigenvalue weighted by molar-refractivity contribution is 0.181. The van der Waals surface area contributed by atoms with Crippen LogP contribution in [0.5, 0.6) is 0 Å². The van der Waals surface area contributed by atoms with Crippen LogP contribution in [0.15, 0.2) is 18.2 Å². The smallest absolute Gasteiger partial charge is 0.126 e. The number of halogens is 1. The van der Waals surface area contributed by atoms with Crippen LogP contribution in [-0.2, 0) is 0 Å². The van der Waals surface area contributed by atoms with Gasteiger partial charge in [0.1, 0.15) is 5.82 Å².